The molecule has 1 aromatic heterocycles. The third-order valence-corrected chi connectivity index (χ3v) is 4.09. The molecule has 0 fully saturated rings. The minimum Gasteiger partial charge on any atom is -0.495 e. The zero-order valence-corrected chi connectivity index (χ0v) is 11.8. The van der Waals surface area contributed by atoms with Gasteiger partial charge in [0.15, 0.2) is 0 Å². The van der Waals surface area contributed by atoms with Gasteiger partial charge in [-0.1, -0.05) is 0 Å². The van der Waals surface area contributed by atoms with Crippen molar-refractivity contribution >= 4 is 15.7 Å². The highest BCUT2D eigenvalue weighted by atomic mass is 32.2. The largest absolute Gasteiger partial charge is 0.495 e. The zero-order valence-electron chi connectivity index (χ0n) is 10.9. The van der Waals surface area contributed by atoms with E-state index in [9.17, 15) is 18.5 Å². The summed E-state index contributed by atoms with van der Waals surface area (Å²) in [5.74, 6) is 0.0280. The first-order chi connectivity index (χ1) is 9.94. The van der Waals surface area contributed by atoms with E-state index in [1.54, 1.807) is 0 Å². The molecule has 0 saturated heterocycles. The van der Waals surface area contributed by atoms with E-state index in [-0.39, 0.29) is 22.9 Å². The van der Waals surface area contributed by atoms with Gasteiger partial charge in [0.2, 0.25) is 10.0 Å². The van der Waals surface area contributed by atoms with Crippen LogP contribution in [0, 0.1) is 10.1 Å². The van der Waals surface area contributed by atoms with Gasteiger partial charge >= 0.3 is 0 Å². The lowest BCUT2D eigenvalue weighted by Crippen LogP contribution is -2.23. The highest BCUT2D eigenvalue weighted by molar-refractivity contribution is 7.89. The molecule has 0 spiro atoms. The second kappa shape index (κ2) is 5.89. The average Bonchev–Trinajstić information content (AvgIpc) is 2.98. The standard InChI is InChI=1S/C11H12N4O5S/c1-20-10-3-2-9(15(16)17)4-11(10)21(18,19)14-7-8-5-12-13-6-8/h2-6,14H,7H2,1H3,(H,12,13). The smallest absolute Gasteiger partial charge is 0.271 e. The van der Waals surface area contributed by atoms with E-state index in [4.69, 9.17) is 4.74 Å². The number of hydrogen-bond donors (Lipinski definition) is 2. The molecule has 10 heteroatoms. The van der Waals surface area contributed by atoms with Gasteiger partial charge in [-0.15, -0.1) is 0 Å². The van der Waals surface area contributed by atoms with Crippen molar-refractivity contribution in [2.24, 2.45) is 0 Å². The number of nitro benzene ring substituents is 1. The van der Waals surface area contributed by atoms with Gasteiger partial charge in [0, 0.05) is 30.4 Å². The first kappa shape index (κ1) is 14.9. The molecular formula is C11H12N4O5S. The van der Waals surface area contributed by atoms with Crippen molar-refractivity contribution in [2.75, 3.05) is 7.11 Å². The fourth-order valence-electron chi connectivity index (χ4n) is 1.62. The molecule has 0 atom stereocenters. The third-order valence-electron chi connectivity index (χ3n) is 2.67. The van der Waals surface area contributed by atoms with Crippen LogP contribution in [0.25, 0.3) is 0 Å². The number of methoxy groups -OCH3 is 1. The van der Waals surface area contributed by atoms with E-state index in [0.29, 0.717) is 5.56 Å². The van der Waals surface area contributed by atoms with Gasteiger partial charge in [0.05, 0.1) is 18.2 Å². The van der Waals surface area contributed by atoms with Crippen molar-refractivity contribution in [3.05, 3.63) is 46.3 Å². The highest BCUT2D eigenvalue weighted by Crippen LogP contribution is 2.28. The molecule has 2 aromatic rings. The Morgan fingerprint density at radius 3 is 2.81 bits per heavy atom. The topological polar surface area (TPSA) is 127 Å². The Morgan fingerprint density at radius 1 is 1.48 bits per heavy atom. The molecule has 0 aliphatic heterocycles. The molecule has 2 rings (SSSR count). The third kappa shape index (κ3) is 3.35. The normalized spacial score (nSPS) is 11.3. The van der Waals surface area contributed by atoms with E-state index in [1.807, 2.05) is 0 Å². The lowest BCUT2D eigenvalue weighted by Gasteiger charge is -2.10. The maximum Gasteiger partial charge on any atom is 0.271 e. The first-order valence-corrected chi connectivity index (χ1v) is 7.22. The SMILES string of the molecule is COc1ccc([N+](=O)[O-])cc1S(=O)(=O)NCc1cn[nH]c1. The number of nitro groups is 1. The highest BCUT2D eigenvalue weighted by Gasteiger charge is 2.22. The van der Waals surface area contributed by atoms with E-state index >= 15 is 0 Å². The Morgan fingerprint density at radius 2 is 2.24 bits per heavy atom. The summed E-state index contributed by atoms with van der Waals surface area (Å²) in [6, 6.07) is 3.37. The summed E-state index contributed by atoms with van der Waals surface area (Å²) < 4.78 is 31.7. The Balaban J connectivity index is 2.33. The lowest BCUT2D eigenvalue weighted by atomic mass is 10.3. The summed E-state index contributed by atoms with van der Waals surface area (Å²) in [7, 11) is -2.67. The van der Waals surface area contributed by atoms with Crippen LogP contribution in [0.15, 0.2) is 35.5 Å². The summed E-state index contributed by atoms with van der Waals surface area (Å²) in [4.78, 5) is 9.80. The summed E-state index contributed by atoms with van der Waals surface area (Å²) in [5, 5.41) is 17.0. The minimum atomic E-state index is -3.96. The molecule has 21 heavy (non-hydrogen) atoms. The number of benzene rings is 1. The molecule has 1 aromatic carbocycles. The number of aromatic nitrogens is 2. The molecule has 0 bridgehead atoms. The monoisotopic (exact) mass is 312 g/mol. The number of non-ortho nitro benzene ring substituents is 1. The predicted molar refractivity (Wildman–Crippen MR) is 72.3 cm³/mol. The van der Waals surface area contributed by atoms with E-state index in [2.05, 4.69) is 14.9 Å². The number of hydrogen-bond acceptors (Lipinski definition) is 6. The van der Waals surface area contributed by atoms with Crippen LogP contribution in [0.4, 0.5) is 5.69 Å². The van der Waals surface area contributed by atoms with Gasteiger partial charge in [0.25, 0.3) is 5.69 Å². The maximum atomic E-state index is 12.2. The maximum absolute atomic E-state index is 12.2. The number of rotatable bonds is 6. The van der Waals surface area contributed by atoms with Gasteiger partial charge in [-0.3, -0.25) is 15.2 Å². The summed E-state index contributed by atoms with van der Waals surface area (Å²) >= 11 is 0. The van der Waals surface area contributed by atoms with Gasteiger partial charge in [0.1, 0.15) is 10.6 Å². The van der Waals surface area contributed by atoms with E-state index in [1.165, 1.54) is 31.6 Å². The second-order valence-electron chi connectivity index (χ2n) is 4.02. The molecule has 0 aliphatic rings. The molecule has 0 unspecified atom stereocenters. The quantitative estimate of drug-likeness (QED) is 0.600. The van der Waals surface area contributed by atoms with Crippen molar-refractivity contribution < 1.29 is 18.1 Å². The fourth-order valence-corrected chi connectivity index (χ4v) is 2.82. The second-order valence-corrected chi connectivity index (χ2v) is 5.76. The van der Waals surface area contributed by atoms with Crippen LogP contribution in [-0.2, 0) is 16.6 Å². The molecule has 112 valence electrons. The van der Waals surface area contributed by atoms with Gasteiger partial charge in [-0.05, 0) is 6.07 Å². The number of nitrogens with zero attached hydrogens (tertiary/aromatic N) is 2. The Labute approximate surface area is 120 Å². The van der Waals surface area contributed by atoms with Gasteiger partial charge in [-0.2, -0.15) is 5.10 Å². The van der Waals surface area contributed by atoms with Crippen LogP contribution in [0.2, 0.25) is 0 Å². The summed E-state index contributed by atoms with van der Waals surface area (Å²) in [6.07, 6.45) is 3.00. The number of ether oxygens (including phenoxy) is 1. The summed E-state index contributed by atoms with van der Waals surface area (Å²) in [5.41, 5.74) is 0.294. The average molecular weight is 312 g/mol. The Bertz CT molecular complexity index is 742. The van der Waals surface area contributed by atoms with Gasteiger partial charge in [-0.25, -0.2) is 13.1 Å². The van der Waals surface area contributed by atoms with Crippen LogP contribution in [0.3, 0.4) is 0 Å². The van der Waals surface area contributed by atoms with Crippen LogP contribution in [-0.4, -0.2) is 30.6 Å². The first-order valence-electron chi connectivity index (χ1n) is 5.74. The minimum absolute atomic E-state index is 0.00464. The molecule has 9 nitrogen and oxygen atoms in total. The fraction of sp³-hybridized carbons (Fsp3) is 0.182. The molecule has 0 aliphatic carbocycles. The van der Waals surface area contributed by atoms with Crippen molar-refractivity contribution in [2.45, 2.75) is 11.4 Å². The number of nitrogens with one attached hydrogen (secondary N) is 2. The lowest BCUT2D eigenvalue weighted by molar-refractivity contribution is -0.385. The van der Waals surface area contributed by atoms with Gasteiger partial charge < -0.3 is 4.74 Å². The van der Waals surface area contributed by atoms with Crippen LogP contribution >= 0.6 is 0 Å². The van der Waals surface area contributed by atoms with Crippen LogP contribution in [0.1, 0.15) is 5.56 Å². The molecule has 0 amide bonds. The van der Waals surface area contributed by atoms with Crippen LogP contribution in [0.5, 0.6) is 5.75 Å². The zero-order chi connectivity index (χ0) is 15.5. The number of sulfonamides is 1. The van der Waals surface area contributed by atoms with Crippen molar-refractivity contribution in [1.29, 1.82) is 0 Å². The number of aromatic amines is 1. The number of H-pyrrole nitrogens is 1. The molecule has 0 saturated carbocycles. The predicted octanol–water partition coefficient (Wildman–Crippen LogP) is 0.805. The molecule has 2 N–H and O–H groups in total. The summed E-state index contributed by atoms with van der Waals surface area (Å²) in [6.45, 7) is 0.00464. The van der Waals surface area contributed by atoms with Crippen molar-refractivity contribution in [1.82, 2.24) is 14.9 Å². The van der Waals surface area contributed by atoms with Crippen LogP contribution < -0.4 is 9.46 Å². The van der Waals surface area contributed by atoms with Crippen molar-refractivity contribution in [3.63, 3.8) is 0 Å². The molecular weight excluding hydrogens is 300 g/mol. The Hall–Kier alpha value is -2.46. The Kier molecular flexibility index (Phi) is 4.19. The van der Waals surface area contributed by atoms with Crippen molar-refractivity contribution in [3.8, 4) is 5.75 Å². The van der Waals surface area contributed by atoms with E-state index < -0.39 is 14.9 Å². The van der Waals surface area contributed by atoms with E-state index in [0.717, 1.165) is 6.07 Å². The molecule has 0 radical (unpaired) electrons. The molecule has 1 heterocycles.